The number of aryl methyl sites for hydroxylation is 1. The van der Waals surface area contributed by atoms with Crippen LogP contribution in [-0.4, -0.2) is 95.0 Å². The first-order valence-corrected chi connectivity index (χ1v) is 24.6. The van der Waals surface area contributed by atoms with Crippen LogP contribution < -0.4 is 20.3 Å². The van der Waals surface area contributed by atoms with Gasteiger partial charge in [0.25, 0.3) is 5.91 Å². The fourth-order valence-corrected chi connectivity index (χ4v) is 9.99. The number of nitrogens with zero attached hydrogens (tertiary/aromatic N) is 10. The van der Waals surface area contributed by atoms with Crippen molar-refractivity contribution >= 4 is 46.5 Å². The summed E-state index contributed by atoms with van der Waals surface area (Å²) in [5.74, 6) is 0.592. The van der Waals surface area contributed by atoms with E-state index in [9.17, 15) is 14.4 Å². The number of nitrogens with one attached hydrogen (secondary N) is 2. The molecule has 16 nitrogen and oxygen atoms in total. The Balaban J connectivity index is 0.754. The van der Waals surface area contributed by atoms with Crippen molar-refractivity contribution in [3.63, 3.8) is 0 Å². The van der Waals surface area contributed by atoms with E-state index < -0.39 is 12.1 Å². The normalized spacial score (nSPS) is 16.1. The van der Waals surface area contributed by atoms with Crippen molar-refractivity contribution in [2.45, 2.75) is 84.3 Å². The highest BCUT2D eigenvalue weighted by Crippen LogP contribution is 2.32. The van der Waals surface area contributed by atoms with Crippen LogP contribution in [0.4, 0.5) is 5.82 Å². The van der Waals surface area contributed by atoms with Crippen LogP contribution >= 0.6 is 22.9 Å². The topological polar surface area (TPSA) is 189 Å². The summed E-state index contributed by atoms with van der Waals surface area (Å²) < 4.78 is 9.75. The van der Waals surface area contributed by atoms with Crippen LogP contribution in [0.2, 0.25) is 5.02 Å². The van der Waals surface area contributed by atoms with Gasteiger partial charge in [0, 0.05) is 54.6 Å². The van der Waals surface area contributed by atoms with Gasteiger partial charge in [0.15, 0.2) is 0 Å². The number of carbonyl (C=O) groups excluding carboxylic acids is 3. The number of rotatable bonds is 16. The highest BCUT2D eigenvalue weighted by atomic mass is 35.5. The van der Waals surface area contributed by atoms with Gasteiger partial charge in [-0.25, -0.2) is 15.0 Å². The molecule has 0 radical (unpaired) electrons. The number of amides is 3. The number of aromatic nitrogens is 7. The number of ether oxygens (including phenoxy) is 1. The summed E-state index contributed by atoms with van der Waals surface area (Å²) in [4.78, 5) is 59.5. The van der Waals surface area contributed by atoms with Gasteiger partial charge in [-0.15, -0.1) is 11.3 Å². The summed E-state index contributed by atoms with van der Waals surface area (Å²) in [6, 6.07) is 23.0. The van der Waals surface area contributed by atoms with Crippen molar-refractivity contribution in [2.24, 2.45) is 5.92 Å². The van der Waals surface area contributed by atoms with Gasteiger partial charge >= 0.3 is 0 Å². The zero-order chi connectivity index (χ0) is 49.1. The largest absolute Gasteiger partial charge is 0.471 e. The maximum atomic E-state index is 14.3. The number of carbonyl (C=O) groups is 3. The van der Waals surface area contributed by atoms with Crippen molar-refractivity contribution in [3.8, 4) is 44.8 Å². The number of pyridine rings is 2. The molecule has 358 valence electrons. The number of hydrogen-bond donors (Lipinski definition) is 2. The molecule has 0 bridgehead atoms. The predicted octanol–water partition coefficient (Wildman–Crippen LogP) is 8.31. The first kappa shape index (κ1) is 47.6. The molecule has 2 fully saturated rings. The standard InChI is InChI=1S/C52H53ClN12O4S/c1-31(2)48(52(68)64-19-6-7-45(64)51(67)60-33(4)35-8-10-36(11-9-35)49-34(5)57-30-70-49)65-27-41(25-58-65)37-16-18-55-47(22-37)69-42-28-62(29-42)46-15-14-40(24-56-46)50(66)59-32(3)26-63-20-17-44(61-63)38-12-13-39(23-54)43(53)21-38/h8-18,20-22,24-25,27,30-33,42,45,48H,6-7,19,26,28-29H2,1-5H3,(H,59,66)(H,60,67)/t32-,33-,45?,48?/m0/s1. The van der Waals surface area contributed by atoms with Crippen LogP contribution in [0.25, 0.3) is 32.8 Å². The molecule has 2 aromatic carbocycles. The summed E-state index contributed by atoms with van der Waals surface area (Å²) in [6.07, 6.45) is 9.94. The molecule has 2 saturated heterocycles. The maximum Gasteiger partial charge on any atom is 0.253 e. The van der Waals surface area contributed by atoms with E-state index in [0.29, 0.717) is 60.3 Å². The fraction of sp³-hybridized carbons (Fsp3) is 0.327. The van der Waals surface area contributed by atoms with Crippen LogP contribution in [-0.2, 0) is 16.1 Å². The van der Waals surface area contributed by atoms with E-state index in [2.05, 4.69) is 58.9 Å². The van der Waals surface area contributed by atoms with Gasteiger partial charge in [-0.2, -0.15) is 15.5 Å². The van der Waals surface area contributed by atoms with E-state index in [1.54, 1.807) is 68.5 Å². The quantitative estimate of drug-likeness (QED) is 0.0948. The Kier molecular flexibility index (Phi) is 14.1. The number of halogens is 1. The Bertz CT molecular complexity index is 3050. The number of anilines is 1. The van der Waals surface area contributed by atoms with Gasteiger partial charge in [-0.1, -0.05) is 55.8 Å². The summed E-state index contributed by atoms with van der Waals surface area (Å²) in [5.41, 5.74) is 8.94. The smallest absolute Gasteiger partial charge is 0.253 e. The number of hydrogen-bond acceptors (Lipinski definition) is 12. The van der Waals surface area contributed by atoms with Crippen LogP contribution in [0.3, 0.4) is 0 Å². The second kappa shape index (κ2) is 20.7. The van der Waals surface area contributed by atoms with E-state index in [4.69, 9.17) is 21.6 Å². The molecule has 7 aromatic rings. The maximum absolute atomic E-state index is 14.3. The lowest BCUT2D eigenvalue weighted by atomic mass is 10.0. The molecule has 4 atom stereocenters. The van der Waals surface area contributed by atoms with Crippen molar-refractivity contribution in [1.29, 1.82) is 5.26 Å². The Morgan fingerprint density at radius 2 is 1.71 bits per heavy atom. The molecular weight excluding hydrogens is 924 g/mol. The number of likely N-dealkylation sites (tertiary alicyclic amines) is 1. The summed E-state index contributed by atoms with van der Waals surface area (Å²) in [7, 11) is 0. The third-order valence-corrected chi connectivity index (χ3v) is 14.1. The average Bonchev–Trinajstić information content (AvgIpc) is 4.19. The molecule has 3 amide bonds. The fourth-order valence-electron chi connectivity index (χ4n) is 8.96. The SMILES string of the molecule is Cc1ncsc1-c1ccc([C@H](C)NC(=O)C2CCCN2C(=O)C(C(C)C)n2cc(-c3ccnc(OC4CN(c5ccc(C(=O)N[C@@H](C)Cn6ccc(-c7ccc(C#N)c(Cl)c7)n6)cn5)C4)c3)cn2)cc1. The first-order valence-electron chi connectivity index (χ1n) is 23.4. The van der Waals surface area contributed by atoms with Crippen molar-refractivity contribution < 1.29 is 19.1 Å². The lowest BCUT2D eigenvalue weighted by molar-refractivity contribution is -0.142. The minimum atomic E-state index is -0.605. The molecule has 2 aliphatic rings. The van der Waals surface area contributed by atoms with E-state index in [0.717, 1.165) is 50.6 Å². The third kappa shape index (κ3) is 10.4. The second-order valence-electron chi connectivity index (χ2n) is 18.2. The predicted molar refractivity (Wildman–Crippen MR) is 268 cm³/mol. The van der Waals surface area contributed by atoms with Crippen LogP contribution in [0, 0.1) is 24.2 Å². The highest BCUT2D eigenvalue weighted by Gasteiger charge is 2.39. The molecular formula is C52H53ClN12O4S. The Morgan fingerprint density at radius 1 is 0.914 bits per heavy atom. The molecule has 2 unspecified atom stereocenters. The molecule has 0 saturated carbocycles. The third-order valence-electron chi connectivity index (χ3n) is 12.8. The summed E-state index contributed by atoms with van der Waals surface area (Å²) in [6.45, 7) is 12.0. The zero-order valence-corrected chi connectivity index (χ0v) is 41.1. The van der Waals surface area contributed by atoms with Gasteiger partial charge in [-0.05, 0) is 92.6 Å². The Hall–Kier alpha value is -7.42. The average molecular weight is 978 g/mol. The molecule has 0 spiro atoms. The van der Waals surface area contributed by atoms with E-state index >= 15 is 0 Å². The zero-order valence-electron chi connectivity index (χ0n) is 39.5. The molecule has 18 heteroatoms. The second-order valence-corrected chi connectivity index (χ2v) is 19.5. The van der Waals surface area contributed by atoms with Gasteiger partial charge < -0.3 is 25.2 Å². The van der Waals surface area contributed by atoms with Gasteiger partial charge in [0.1, 0.15) is 30.1 Å². The first-order chi connectivity index (χ1) is 33.8. The summed E-state index contributed by atoms with van der Waals surface area (Å²) >= 11 is 7.82. The van der Waals surface area contributed by atoms with Gasteiger partial charge in [0.2, 0.25) is 17.7 Å². The van der Waals surface area contributed by atoms with Crippen molar-refractivity contribution in [2.75, 3.05) is 24.5 Å². The molecule has 70 heavy (non-hydrogen) atoms. The molecule has 7 heterocycles. The Morgan fingerprint density at radius 3 is 2.43 bits per heavy atom. The van der Waals surface area contributed by atoms with Crippen molar-refractivity contribution in [3.05, 3.63) is 137 Å². The molecule has 5 aromatic heterocycles. The van der Waals surface area contributed by atoms with Gasteiger partial charge in [0.05, 0.1) is 69.8 Å². The highest BCUT2D eigenvalue weighted by molar-refractivity contribution is 7.13. The lowest BCUT2D eigenvalue weighted by Gasteiger charge is -2.39. The minimum absolute atomic E-state index is 0.0919. The summed E-state index contributed by atoms with van der Waals surface area (Å²) in [5, 5.41) is 25.0. The van der Waals surface area contributed by atoms with E-state index in [1.807, 2.05) is 88.9 Å². The van der Waals surface area contributed by atoms with Crippen LogP contribution in [0.1, 0.15) is 79.8 Å². The van der Waals surface area contributed by atoms with Crippen LogP contribution in [0.15, 0.2) is 109 Å². The number of nitriles is 1. The lowest BCUT2D eigenvalue weighted by Crippen LogP contribution is -2.54. The van der Waals surface area contributed by atoms with E-state index in [1.165, 1.54) is 0 Å². The monoisotopic (exact) mass is 976 g/mol. The van der Waals surface area contributed by atoms with E-state index in [-0.39, 0.29) is 41.8 Å². The van der Waals surface area contributed by atoms with Crippen molar-refractivity contribution in [1.82, 2.24) is 50.0 Å². The Labute approximate surface area is 415 Å². The molecule has 2 N–H and O–H groups in total. The molecule has 2 aliphatic heterocycles. The van der Waals surface area contributed by atoms with Gasteiger partial charge in [-0.3, -0.25) is 23.7 Å². The molecule has 9 rings (SSSR count). The number of benzene rings is 2. The number of thiazole rings is 1. The minimum Gasteiger partial charge on any atom is -0.471 e. The van der Waals surface area contributed by atoms with Crippen LogP contribution in [0.5, 0.6) is 5.88 Å². The molecule has 0 aliphatic carbocycles.